The van der Waals surface area contributed by atoms with E-state index < -0.39 is 11.4 Å². The Labute approximate surface area is 120 Å². The van der Waals surface area contributed by atoms with E-state index in [1.807, 2.05) is 24.7 Å². The molecule has 1 N–H and O–H groups in total. The van der Waals surface area contributed by atoms with Crippen LogP contribution in [0.1, 0.15) is 39.3 Å². The number of nitrogens with zero attached hydrogens (tertiary/aromatic N) is 3. The van der Waals surface area contributed by atoms with Gasteiger partial charge in [0.05, 0.1) is 11.1 Å². The van der Waals surface area contributed by atoms with E-state index in [4.69, 9.17) is 0 Å². The van der Waals surface area contributed by atoms with Crippen LogP contribution in [0.25, 0.3) is 0 Å². The molecule has 1 aliphatic rings. The molecule has 112 valence electrons. The Morgan fingerprint density at radius 1 is 1.55 bits per heavy atom. The molecule has 1 aromatic rings. The van der Waals surface area contributed by atoms with Crippen LogP contribution in [-0.2, 0) is 17.9 Å². The number of likely N-dealkylation sites (tertiary alicyclic amines) is 1. The highest BCUT2D eigenvalue weighted by molar-refractivity contribution is 5.74. The maximum absolute atomic E-state index is 11.4. The summed E-state index contributed by atoms with van der Waals surface area (Å²) in [4.78, 5) is 13.8. The van der Waals surface area contributed by atoms with Crippen molar-refractivity contribution in [1.29, 1.82) is 0 Å². The van der Waals surface area contributed by atoms with E-state index >= 15 is 0 Å². The number of aromatic nitrogens is 2. The van der Waals surface area contributed by atoms with Gasteiger partial charge in [0.25, 0.3) is 0 Å². The van der Waals surface area contributed by atoms with E-state index in [1.54, 1.807) is 0 Å². The van der Waals surface area contributed by atoms with Crippen molar-refractivity contribution in [3.63, 3.8) is 0 Å². The summed E-state index contributed by atoms with van der Waals surface area (Å²) in [7, 11) is 0. The van der Waals surface area contributed by atoms with Crippen molar-refractivity contribution in [3.05, 3.63) is 18.0 Å². The molecular weight excluding hydrogens is 254 g/mol. The largest absolute Gasteiger partial charge is 0.481 e. The Morgan fingerprint density at radius 2 is 2.30 bits per heavy atom. The maximum atomic E-state index is 11.4. The molecule has 1 aliphatic heterocycles. The summed E-state index contributed by atoms with van der Waals surface area (Å²) >= 11 is 0. The number of aliphatic carboxylic acids is 1. The molecule has 2 heterocycles. The number of carbonyl (C=O) groups is 1. The van der Waals surface area contributed by atoms with E-state index in [2.05, 4.69) is 23.0 Å². The number of hydrogen-bond donors (Lipinski definition) is 1. The fourth-order valence-corrected chi connectivity index (χ4v) is 2.97. The molecule has 0 radical (unpaired) electrons. The third-order valence-corrected chi connectivity index (χ3v) is 4.57. The lowest BCUT2D eigenvalue weighted by molar-refractivity contribution is -0.151. The monoisotopic (exact) mass is 279 g/mol. The lowest BCUT2D eigenvalue weighted by Crippen LogP contribution is -2.44. The van der Waals surface area contributed by atoms with Crippen LogP contribution in [0.15, 0.2) is 12.3 Å². The highest BCUT2D eigenvalue weighted by Crippen LogP contribution is 2.34. The van der Waals surface area contributed by atoms with Crippen molar-refractivity contribution in [2.75, 3.05) is 13.1 Å². The van der Waals surface area contributed by atoms with Gasteiger partial charge in [-0.15, -0.1) is 0 Å². The Hall–Kier alpha value is -1.36. The first kappa shape index (κ1) is 15.0. The standard InChI is InChI=1S/C15H25N3O2/c1-4-18-13(7-8-16-18)11-17-9-5-6-12(10-17)15(2,3)14(19)20/h7-8,12H,4-6,9-11H2,1-3H3,(H,19,20). The molecule has 5 heteroatoms. The molecule has 5 nitrogen and oxygen atoms in total. The predicted molar refractivity (Wildman–Crippen MR) is 77.3 cm³/mol. The fourth-order valence-electron chi connectivity index (χ4n) is 2.97. The molecule has 0 bridgehead atoms. The second-order valence-corrected chi connectivity index (χ2v) is 6.24. The van der Waals surface area contributed by atoms with E-state index in [1.165, 1.54) is 5.69 Å². The van der Waals surface area contributed by atoms with Crippen LogP contribution < -0.4 is 0 Å². The second-order valence-electron chi connectivity index (χ2n) is 6.24. The zero-order valence-corrected chi connectivity index (χ0v) is 12.7. The third-order valence-electron chi connectivity index (χ3n) is 4.57. The van der Waals surface area contributed by atoms with Crippen molar-refractivity contribution < 1.29 is 9.90 Å². The first-order valence-electron chi connectivity index (χ1n) is 7.41. The molecule has 1 aromatic heterocycles. The second kappa shape index (κ2) is 5.95. The quantitative estimate of drug-likeness (QED) is 0.898. The van der Waals surface area contributed by atoms with Gasteiger partial charge in [0.15, 0.2) is 0 Å². The zero-order chi connectivity index (χ0) is 14.8. The average molecular weight is 279 g/mol. The smallest absolute Gasteiger partial charge is 0.309 e. The van der Waals surface area contributed by atoms with Gasteiger partial charge in [0.2, 0.25) is 0 Å². The van der Waals surface area contributed by atoms with Gasteiger partial charge < -0.3 is 5.11 Å². The van der Waals surface area contributed by atoms with Crippen molar-refractivity contribution >= 4 is 5.97 Å². The van der Waals surface area contributed by atoms with Crippen molar-refractivity contribution in [3.8, 4) is 0 Å². The number of hydrogen-bond acceptors (Lipinski definition) is 3. The number of carboxylic acid groups (broad SMARTS) is 1. The van der Waals surface area contributed by atoms with Crippen LogP contribution in [-0.4, -0.2) is 38.8 Å². The fraction of sp³-hybridized carbons (Fsp3) is 0.733. The van der Waals surface area contributed by atoms with E-state index in [9.17, 15) is 9.90 Å². The first-order chi connectivity index (χ1) is 9.45. The number of piperidine rings is 1. The van der Waals surface area contributed by atoms with Crippen molar-refractivity contribution in [1.82, 2.24) is 14.7 Å². The average Bonchev–Trinajstić information content (AvgIpc) is 2.86. The summed E-state index contributed by atoms with van der Waals surface area (Å²) in [6, 6.07) is 2.05. The predicted octanol–water partition coefficient (Wildman–Crippen LogP) is 2.23. The van der Waals surface area contributed by atoms with Crippen LogP contribution >= 0.6 is 0 Å². The Bertz CT molecular complexity index is 467. The van der Waals surface area contributed by atoms with Gasteiger partial charge in [0, 0.05) is 25.8 Å². The van der Waals surface area contributed by atoms with Crippen LogP contribution in [0.3, 0.4) is 0 Å². The SMILES string of the molecule is CCn1nccc1CN1CCCC(C(C)(C)C(=O)O)C1. The molecule has 1 saturated heterocycles. The van der Waals surface area contributed by atoms with Gasteiger partial charge in [-0.1, -0.05) is 0 Å². The van der Waals surface area contributed by atoms with Crippen molar-refractivity contribution in [2.24, 2.45) is 11.3 Å². The molecule has 1 unspecified atom stereocenters. The molecule has 0 spiro atoms. The van der Waals surface area contributed by atoms with Crippen LogP contribution in [0, 0.1) is 11.3 Å². The Kier molecular flexibility index (Phi) is 4.48. The zero-order valence-electron chi connectivity index (χ0n) is 12.7. The minimum atomic E-state index is -0.692. The molecule has 1 fully saturated rings. The van der Waals surface area contributed by atoms with Gasteiger partial charge in [-0.3, -0.25) is 14.4 Å². The van der Waals surface area contributed by atoms with Gasteiger partial charge in [-0.05, 0) is 52.1 Å². The summed E-state index contributed by atoms with van der Waals surface area (Å²) in [5.41, 5.74) is 0.560. The van der Waals surface area contributed by atoms with E-state index in [0.29, 0.717) is 0 Å². The minimum absolute atomic E-state index is 0.215. The molecule has 20 heavy (non-hydrogen) atoms. The first-order valence-corrected chi connectivity index (χ1v) is 7.41. The maximum Gasteiger partial charge on any atom is 0.309 e. The normalized spacial score (nSPS) is 21.1. The summed E-state index contributed by atoms with van der Waals surface area (Å²) in [6.45, 7) is 9.41. The molecule has 0 amide bonds. The van der Waals surface area contributed by atoms with Crippen molar-refractivity contribution in [2.45, 2.75) is 46.7 Å². The van der Waals surface area contributed by atoms with Gasteiger partial charge in [-0.25, -0.2) is 0 Å². The highest BCUT2D eigenvalue weighted by Gasteiger charge is 2.39. The lowest BCUT2D eigenvalue weighted by atomic mass is 9.74. The molecule has 0 saturated carbocycles. The summed E-state index contributed by atoms with van der Waals surface area (Å²) in [6.07, 6.45) is 3.91. The minimum Gasteiger partial charge on any atom is -0.481 e. The van der Waals surface area contributed by atoms with Crippen LogP contribution in [0.2, 0.25) is 0 Å². The molecule has 0 aromatic carbocycles. The summed E-state index contributed by atoms with van der Waals surface area (Å²) in [5.74, 6) is -0.477. The van der Waals surface area contributed by atoms with Crippen LogP contribution in [0.4, 0.5) is 0 Å². The molecule has 1 atom stereocenters. The van der Waals surface area contributed by atoms with Gasteiger partial charge in [-0.2, -0.15) is 5.10 Å². The number of rotatable bonds is 5. The summed E-state index contributed by atoms with van der Waals surface area (Å²) in [5, 5.41) is 13.7. The van der Waals surface area contributed by atoms with E-state index in [-0.39, 0.29) is 5.92 Å². The lowest BCUT2D eigenvalue weighted by Gasteiger charge is -2.39. The molecule has 0 aliphatic carbocycles. The molecule has 2 rings (SSSR count). The summed E-state index contributed by atoms with van der Waals surface area (Å²) < 4.78 is 2.01. The Morgan fingerprint density at radius 3 is 2.95 bits per heavy atom. The third kappa shape index (κ3) is 3.03. The van der Waals surface area contributed by atoms with Gasteiger partial charge >= 0.3 is 5.97 Å². The van der Waals surface area contributed by atoms with Crippen LogP contribution in [0.5, 0.6) is 0 Å². The molecular formula is C15H25N3O2. The van der Waals surface area contributed by atoms with E-state index in [0.717, 1.165) is 39.0 Å². The van der Waals surface area contributed by atoms with Gasteiger partial charge in [0.1, 0.15) is 0 Å². The number of carboxylic acids is 1. The number of aryl methyl sites for hydroxylation is 1. The highest BCUT2D eigenvalue weighted by atomic mass is 16.4. The Balaban J connectivity index is 2.02. The topological polar surface area (TPSA) is 58.4 Å².